The first-order chi connectivity index (χ1) is 1.91. The monoisotopic (exact) mass is 58.0 g/mol. The Kier molecular flexibility index (Phi) is 2.19. The Hall–Kier alpha value is -0.500. The van der Waals surface area contributed by atoms with E-state index in [1.807, 2.05) is 0 Å². The Bertz CT molecular complexity index is 20.0. The van der Waals surface area contributed by atoms with Crippen molar-refractivity contribution in [2.45, 2.75) is 0 Å². The minimum Gasteiger partial charge on any atom is -0.761 e. The second-order valence-corrected chi connectivity index (χ2v) is 0.322. The highest BCUT2D eigenvalue weighted by Gasteiger charge is 1.22. The Balaban J connectivity index is 2.30. The summed E-state index contributed by atoms with van der Waals surface area (Å²) in [7, 11) is 0. The molecule has 0 bridgehead atoms. The van der Waals surface area contributed by atoms with Crippen LogP contribution in [0.3, 0.4) is 0 Å². The van der Waals surface area contributed by atoms with Gasteiger partial charge in [-0.05, 0) is 6.20 Å². The quantitative estimate of drug-likeness (QED) is 0.437. The van der Waals surface area contributed by atoms with E-state index in [9.17, 15) is 0 Å². The first-order valence-corrected chi connectivity index (χ1v) is 0.901. The lowest BCUT2D eigenvalue weighted by atomic mass is 11.1. The van der Waals surface area contributed by atoms with E-state index in [1.54, 1.807) is 0 Å². The fourth-order valence-corrected chi connectivity index (χ4v) is 0. The van der Waals surface area contributed by atoms with Crippen LogP contribution in [0.15, 0.2) is 12.8 Å². The van der Waals surface area contributed by atoms with Crippen LogP contribution in [0.4, 0.5) is 0 Å². The van der Waals surface area contributed by atoms with Gasteiger partial charge in [-0.1, -0.05) is 6.58 Å². The zero-order chi connectivity index (χ0) is 3.41. The third kappa shape index (κ3) is 1.50. The van der Waals surface area contributed by atoms with Crippen LogP contribution >= 0.6 is 0 Å². The van der Waals surface area contributed by atoms with Crippen molar-refractivity contribution in [3.63, 3.8) is 0 Å². The third-order valence-corrected chi connectivity index (χ3v) is 0.0833. The molecule has 1 N–H and O–H groups in total. The summed E-state index contributed by atoms with van der Waals surface area (Å²) in [5, 5.41) is 8.93. The maximum absolute atomic E-state index is 8.93. The summed E-state index contributed by atoms with van der Waals surface area (Å²) in [5.74, 6) is 0. The fraction of sp³-hybridized carbons (Fsp3) is 0. The average Bonchev–Trinajstić information content (AvgIpc) is 1.37. The molecule has 0 unspecified atom stereocenters. The molecule has 0 saturated carbocycles. The second-order valence-electron chi connectivity index (χ2n) is 0.322. The van der Waals surface area contributed by atoms with Crippen LogP contribution in [-0.4, -0.2) is 0 Å². The zero-order valence-corrected chi connectivity index (χ0v) is 2.19. The molecule has 0 fully saturated rings. The lowest BCUT2D eigenvalue weighted by Crippen LogP contribution is -1.83. The summed E-state index contributed by atoms with van der Waals surface area (Å²) < 4.78 is 0. The van der Waals surface area contributed by atoms with E-state index < -0.39 is 0 Å². The Labute approximate surface area is 24.7 Å². The number of rotatable bonds is 1. The van der Waals surface area contributed by atoms with Crippen LogP contribution in [-0.2, 0) is 0 Å². The van der Waals surface area contributed by atoms with Crippen molar-refractivity contribution >= 4 is 0 Å². The van der Waals surface area contributed by atoms with Gasteiger partial charge in [-0.25, -0.2) is 0 Å². The van der Waals surface area contributed by atoms with Gasteiger partial charge in [-0.15, -0.1) is 0 Å². The van der Waals surface area contributed by atoms with E-state index >= 15 is 0 Å². The first-order valence-electron chi connectivity index (χ1n) is 0.901. The molecule has 0 aromatic rings. The van der Waals surface area contributed by atoms with Crippen molar-refractivity contribution in [3.05, 3.63) is 18.0 Å². The maximum atomic E-state index is 8.93. The van der Waals surface area contributed by atoms with Gasteiger partial charge in [-0.3, -0.25) is 0 Å². The highest BCUT2D eigenvalue weighted by atomic mass is 16.5. The van der Waals surface area contributed by atoms with Gasteiger partial charge in [0.1, 0.15) is 0 Å². The first kappa shape index (κ1) is 3.50. The van der Waals surface area contributed by atoms with E-state index in [4.69, 9.17) is 5.21 Å². The standard InChI is InChI=1S/C2H4NO/c1-2-3-4/h2-3H,1H2/q-1. The molecule has 0 aliphatic rings. The maximum Gasteiger partial charge on any atom is -0.0217 e. The molecule has 0 heterocycles. The summed E-state index contributed by atoms with van der Waals surface area (Å²) >= 11 is 0. The highest BCUT2D eigenvalue weighted by Crippen LogP contribution is 1.35. The summed E-state index contributed by atoms with van der Waals surface area (Å²) in [6, 6.07) is 0. The van der Waals surface area contributed by atoms with Crippen LogP contribution in [0, 0.1) is 5.21 Å². The van der Waals surface area contributed by atoms with Gasteiger partial charge in [0.25, 0.3) is 0 Å². The van der Waals surface area contributed by atoms with Crippen molar-refractivity contribution in [1.82, 2.24) is 5.48 Å². The van der Waals surface area contributed by atoms with E-state index in [1.165, 1.54) is 5.48 Å². The van der Waals surface area contributed by atoms with Gasteiger partial charge >= 0.3 is 0 Å². The average molecular weight is 58.1 g/mol. The Morgan fingerprint density at radius 3 is 2.25 bits per heavy atom. The molecule has 0 aliphatic carbocycles. The molecule has 0 spiro atoms. The lowest BCUT2D eigenvalue weighted by Gasteiger charge is -1.93. The van der Waals surface area contributed by atoms with Crippen molar-refractivity contribution in [2.75, 3.05) is 0 Å². The van der Waals surface area contributed by atoms with Gasteiger partial charge in [-0.2, -0.15) is 0 Å². The number of hydrogen-bond donors (Lipinski definition) is 1. The number of nitrogens with one attached hydrogen (secondary N) is 1. The fourth-order valence-electron chi connectivity index (χ4n) is 0. The van der Waals surface area contributed by atoms with Crippen LogP contribution < -0.4 is 5.48 Å². The summed E-state index contributed by atoms with van der Waals surface area (Å²) in [6.45, 7) is 3.06. The number of hydroxylamine groups is 1. The van der Waals surface area contributed by atoms with Crippen LogP contribution in [0.2, 0.25) is 0 Å². The molecule has 24 valence electrons. The molecular weight excluding hydrogens is 54.0 g/mol. The smallest absolute Gasteiger partial charge is 0.0217 e. The molecule has 4 heavy (non-hydrogen) atoms. The van der Waals surface area contributed by atoms with Crippen molar-refractivity contribution in [1.29, 1.82) is 0 Å². The topological polar surface area (TPSA) is 35.1 Å². The van der Waals surface area contributed by atoms with E-state index in [-0.39, 0.29) is 0 Å². The van der Waals surface area contributed by atoms with E-state index in [0.29, 0.717) is 0 Å². The molecule has 2 nitrogen and oxygen atoms in total. The Morgan fingerprint density at radius 1 is 2.00 bits per heavy atom. The molecule has 0 aliphatic heterocycles. The minimum atomic E-state index is 1.07. The normalized spacial score (nSPS) is 5.25. The molecule has 2 heteroatoms. The minimum absolute atomic E-state index is 1.07. The van der Waals surface area contributed by atoms with E-state index in [0.717, 1.165) is 6.20 Å². The molecule has 0 rings (SSSR count). The predicted octanol–water partition coefficient (Wildman–Crippen LogP) is 0.217. The molecule has 0 aromatic heterocycles. The summed E-state index contributed by atoms with van der Waals surface area (Å²) in [4.78, 5) is 0. The SMILES string of the molecule is C=CN[O-]. The van der Waals surface area contributed by atoms with E-state index in [2.05, 4.69) is 6.58 Å². The molecule has 0 saturated heterocycles. The predicted molar refractivity (Wildman–Crippen MR) is 16.7 cm³/mol. The van der Waals surface area contributed by atoms with Crippen molar-refractivity contribution in [3.8, 4) is 0 Å². The van der Waals surface area contributed by atoms with Gasteiger partial charge < -0.3 is 10.7 Å². The molecule has 0 aromatic carbocycles. The molecular formula is C2H4NO-. The lowest BCUT2D eigenvalue weighted by molar-refractivity contribution is 1.22. The van der Waals surface area contributed by atoms with Gasteiger partial charge in [0.15, 0.2) is 0 Å². The molecule has 0 amide bonds. The van der Waals surface area contributed by atoms with Crippen molar-refractivity contribution in [2.24, 2.45) is 0 Å². The van der Waals surface area contributed by atoms with Gasteiger partial charge in [0, 0.05) is 0 Å². The molecule has 0 atom stereocenters. The zero-order valence-electron chi connectivity index (χ0n) is 2.19. The third-order valence-electron chi connectivity index (χ3n) is 0.0833. The van der Waals surface area contributed by atoms with Crippen molar-refractivity contribution < 1.29 is 0 Å². The molecule has 0 radical (unpaired) electrons. The summed E-state index contributed by atoms with van der Waals surface area (Å²) in [5.41, 5.74) is 1.44. The highest BCUT2D eigenvalue weighted by molar-refractivity contribution is 4.60. The summed E-state index contributed by atoms with van der Waals surface area (Å²) in [6.07, 6.45) is 1.07. The number of hydrogen-bond acceptors (Lipinski definition) is 2. The Morgan fingerprint density at radius 2 is 2.25 bits per heavy atom. The van der Waals surface area contributed by atoms with Crippen LogP contribution in [0.25, 0.3) is 0 Å². The van der Waals surface area contributed by atoms with Crippen LogP contribution in [0.1, 0.15) is 0 Å². The van der Waals surface area contributed by atoms with Gasteiger partial charge in [0.05, 0.1) is 0 Å². The van der Waals surface area contributed by atoms with Crippen LogP contribution in [0.5, 0.6) is 0 Å². The largest absolute Gasteiger partial charge is 0.761 e. The second kappa shape index (κ2) is 2.50. The van der Waals surface area contributed by atoms with Gasteiger partial charge in [0.2, 0.25) is 0 Å².